The Bertz CT molecular complexity index is 2830. The van der Waals surface area contributed by atoms with E-state index in [2.05, 4.69) is 138 Å². The summed E-state index contributed by atoms with van der Waals surface area (Å²) in [6.07, 6.45) is 0. The SMILES string of the molecule is c1ccc(-c2nc(-c3ccccc3)nc(-c3cccc(-c4cc5ccccc5c5oc6cccc(N(c7ccccc7)c7ccccc7)c6c45)c3)n2)cc1. The number of nitrogens with zero attached hydrogens (tertiary/aromatic N) is 4. The third-order valence-electron chi connectivity index (χ3n) is 9.87. The molecule has 0 bridgehead atoms. The average molecular weight is 693 g/mol. The molecule has 0 atom stereocenters. The van der Waals surface area contributed by atoms with Gasteiger partial charge in [-0.25, -0.2) is 15.0 Å². The molecule has 0 aliphatic heterocycles. The van der Waals surface area contributed by atoms with Crippen molar-refractivity contribution in [1.82, 2.24) is 15.0 Å². The van der Waals surface area contributed by atoms with Crippen LogP contribution in [0.1, 0.15) is 0 Å². The Morgan fingerprint density at radius 2 is 0.889 bits per heavy atom. The maximum atomic E-state index is 6.88. The van der Waals surface area contributed by atoms with Gasteiger partial charge in [0.1, 0.15) is 11.2 Å². The van der Waals surface area contributed by atoms with Gasteiger partial charge in [-0.1, -0.05) is 146 Å². The second-order valence-corrected chi connectivity index (χ2v) is 13.2. The number of para-hydroxylation sites is 2. The van der Waals surface area contributed by atoms with Crippen molar-refractivity contribution >= 4 is 49.8 Å². The summed E-state index contributed by atoms with van der Waals surface area (Å²) in [5.41, 5.74) is 9.71. The molecule has 0 spiro atoms. The molecule has 54 heavy (non-hydrogen) atoms. The minimum Gasteiger partial charge on any atom is -0.455 e. The summed E-state index contributed by atoms with van der Waals surface area (Å²) in [5.74, 6) is 1.87. The molecular weight excluding hydrogens is 661 g/mol. The Kier molecular flexibility index (Phi) is 7.73. The second-order valence-electron chi connectivity index (χ2n) is 13.2. The van der Waals surface area contributed by atoms with Gasteiger partial charge in [0.05, 0.1) is 11.1 Å². The number of fused-ring (bicyclic) bond motifs is 5. The molecule has 0 saturated carbocycles. The maximum Gasteiger partial charge on any atom is 0.164 e. The quantitative estimate of drug-likeness (QED) is 0.166. The largest absolute Gasteiger partial charge is 0.455 e. The van der Waals surface area contributed by atoms with Gasteiger partial charge in [-0.15, -0.1) is 0 Å². The summed E-state index contributed by atoms with van der Waals surface area (Å²) in [5, 5.41) is 4.27. The van der Waals surface area contributed by atoms with Gasteiger partial charge in [0.15, 0.2) is 17.5 Å². The number of benzene rings is 8. The highest BCUT2D eigenvalue weighted by atomic mass is 16.3. The Hall–Kier alpha value is -7.37. The van der Waals surface area contributed by atoms with Crippen LogP contribution in [0.5, 0.6) is 0 Å². The Balaban J connectivity index is 1.23. The van der Waals surface area contributed by atoms with E-state index in [-0.39, 0.29) is 0 Å². The first-order chi connectivity index (χ1) is 26.8. The van der Waals surface area contributed by atoms with Crippen LogP contribution in [0.15, 0.2) is 199 Å². The second kappa shape index (κ2) is 13.3. The number of furan rings is 1. The molecule has 8 aromatic carbocycles. The molecule has 5 nitrogen and oxygen atoms in total. The number of anilines is 3. The van der Waals surface area contributed by atoms with E-state index in [1.807, 2.05) is 60.7 Å². The van der Waals surface area contributed by atoms with Crippen LogP contribution in [-0.4, -0.2) is 15.0 Å². The number of aromatic nitrogens is 3. The number of hydrogen-bond donors (Lipinski definition) is 0. The third-order valence-corrected chi connectivity index (χ3v) is 9.87. The van der Waals surface area contributed by atoms with E-state index in [1.54, 1.807) is 0 Å². The zero-order valence-electron chi connectivity index (χ0n) is 29.2. The van der Waals surface area contributed by atoms with Crippen LogP contribution >= 0.6 is 0 Å². The highest BCUT2D eigenvalue weighted by molar-refractivity contribution is 6.24. The number of hydrogen-bond acceptors (Lipinski definition) is 5. The van der Waals surface area contributed by atoms with Crippen LogP contribution in [0.25, 0.3) is 78.0 Å². The molecule has 0 fully saturated rings. The molecular formula is C49H32N4O. The van der Waals surface area contributed by atoms with Crippen molar-refractivity contribution < 1.29 is 4.42 Å². The van der Waals surface area contributed by atoms with E-state index in [9.17, 15) is 0 Å². The maximum absolute atomic E-state index is 6.88. The third kappa shape index (κ3) is 5.56. The van der Waals surface area contributed by atoms with E-state index in [4.69, 9.17) is 19.4 Å². The average Bonchev–Trinajstić information content (AvgIpc) is 3.66. The zero-order valence-corrected chi connectivity index (χ0v) is 29.2. The van der Waals surface area contributed by atoms with Gasteiger partial charge in [0.2, 0.25) is 0 Å². The topological polar surface area (TPSA) is 55.1 Å². The molecule has 0 amide bonds. The van der Waals surface area contributed by atoms with Crippen LogP contribution in [0.4, 0.5) is 17.1 Å². The summed E-state index contributed by atoms with van der Waals surface area (Å²) in [4.78, 5) is 17.3. The minimum atomic E-state index is 0.610. The van der Waals surface area contributed by atoms with Crippen LogP contribution in [0.2, 0.25) is 0 Å². The lowest BCUT2D eigenvalue weighted by Gasteiger charge is -2.26. The molecule has 0 saturated heterocycles. The van der Waals surface area contributed by atoms with Crippen LogP contribution < -0.4 is 4.90 Å². The molecule has 0 aliphatic carbocycles. The fourth-order valence-electron chi connectivity index (χ4n) is 7.39. The van der Waals surface area contributed by atoms with Crippen LogP contribution in [-0.2, 0) is 0 Å². The van der Waals surface area contributed by atoms with Crippen molar-refractivity contribution in [1.29, 1.82) is 0 Å². The van der Waals surface area contributed by atoms with Gasteiger partial charge in [-0.05, 0) is 65.0 Å². The Morgan fingerprint density at radius 3 is 1.52 bits per heavy atom. The first-order valence-electron chi connectivity index (χ1n) is 18.0. The first kappa shape index (κ1) is 31.4. The van der Waals surface area contributed by atoms with Crippen molar-refractivity contribution in [2.75, 3.05) is 4.90 Å². The smallest absolute Gasteiger partial charge is 0.164 e. The van der Waals surface area contributed by atoms with Crippen molar-refractivity contribution in [2.24, 2.45) is 0 Å². The van der Waals surface area contributed by atoms with E-state index >= 15 is 0 Å². The summed E-state index contributed by atoms with van der Waals surface area (Å²) >= 11 is 0. The molecule has 5 heteroatoms. The van der Waals surface area contributed by atoms with Gasteiger partial charge >= 0.3 is 0 Å². The lowest BCUT2D eigenvalue weighted by Crippen LogP contribution is -2.10. The van der Waals surface area contributed by atoms with E-state index in [0.717, 1.165) is 77.6 Å². The van der Waals surface area contributed by atoms with Crippen molar-refractivity contribution in [2.45, 2.75) is 0 Å². The molecule has 0 N–H and O–H groups in total. The fourth-order valence-corrected chi connectivity index (χ4v) is 7.39. The zero-order chi connectivity index (χ0) is 35.8. The molecule has 10 rings (SSSR count). The first-order valence-corrected chi connectivity index (χ1v) is 18.0. The molecule has 2 aromatic heterocycles. The van der Waals surface area contributed by atoms with Crippen molar-refractivity contribution in [3.63, 3.8) is 0 Å². The molecule has 0 radical (unpaired) electrons. The lowest BCUT2D eigenvalue weighted by molar-refractivity contribution is 0.673. The molecule has 0 unspecified atom stereocenters. The van der Waals surface area contributed by atoms with Gasteiger partial charge in [0, 0.05) is 38.8 Å². The van der Waals surface area contributed by atoms with E-state index in [0.29, 0.717) is 17.5 Å². The van der Waals surface area contributed by atoms with Crippen molar-refractivity contribution in [3.05, 3.63) is 194 Å². The predicted molar refractivity (Wildman–Crippen MR) is 221 cm³/mol. The highest BCUT2D eigenvalue weighted by Gasteiger charge is 2.23. The molecule has 10 aromatic rings. The minimum absolute atomic E-state index is 0.610. The Morgan fingerprint density at radius 1 is 0.389 bits per heavy atom. The van der Waals surface area contributed by atoms with Gasteiger partial charge in [-0.2, -0.15) is 0 Å². The lowest BCUT2D eigenvalue weighted by atomic mass is 9.93. The van der Waals surface area contributed by atoms with E-state index in [1.165, 1.54) is 0 Å². The summed E-state index contributed by atoms with van der Waals surface area (Å²) < 4.78 is 6.88. The predicted octanol–water partition coefficient (Wildman–Crippen LogP) is 13.1. The van der Waals surface area contributed by atoms with Crippen molar-refractivity contribution in [3.8, 4) is 45.3 Å². The fraction of sp³-hybridized carbons (Fsp3) is 0. The normalized spacial score (nSPS) is 11.3. The van der Waals surface area contributed by atoms with Gasteiger partial charge in [0.25, 0.3) is 0 Å². The van der Waals surface area contributed by atoms with Gasteiger partial charge in [-0.3, -0.25) is 0 Å². The molecule has 254 valence electrons. The highest BCUT2D eigenvalue weighted by Crippen LogP contribution is 2.47. The van der Waals surface area contributed by atoms with Crippen LogP contribution in [0.3, 0.4) is 0 Å². The summed E-state index contributed by atoms with van der Waals surface area (Å²) in [7, 11) is 0. The van der Waals surface area contributed by atoms with Gasteiger partial charge < -0.3 is 9.32 Å². The van der Waals surface area contributed by atoms with E-state index < -0.39 is 0 Å². The standard InChI is InChI=1S/C49H32N4O/c1-5-17-33(18-6-1)47-50-48(34-19-7-2-8-20-34)52-49(51-47)37-23-15-22-35(31-37)41-32-36-21-13-14-28-40(36)46-44(41)45-42(29-16-30-43(45)54-46)53(38-24-9-3-10-25-38)39-26-11-4-12-27-39/h1-32H. The summed E-state index contributed by atoms with van der Waals surface area (Å²) in [6, 6.07) is 66.8. The number of rotatable bonds is 7. The summed E-state index contributed by atoms with van der Waals surface area (Å²) in [6.45, 7) is 0. The monoisotopic (exact) mass is 692 g/mol. The van der Waals surface area contributed by atoms with Crippen LogP contribution in [0, 0.1) is 0 Å². The molecule has 0 aliphatic rings. The molecule has 2 heterocycles. The Labute approximate surface area is 312 Å².